The molecule has 0 fully saturated rings. The molecule has 1 aromatic rings. The van der Waals surface area contributed by atoms with Crippen LogP contribution in [-0.4, -0.2) is 21.3 Å². The van der Waals surface area contributed by atoms with Crippen LogP contribution in [0.4, 0.5) is 5.82 Å². The van der Waals surface area contributed by atoms with E-state index in [0.717, 1.165) is 0 Å². The van der Waals surface area contributed by atoms with Crippen LogP contribution in [0, 0.1) is 5.41 Å². The van der Waals surface area contributed by atoms with Gasteiger partial charge in [-0.2, -0.15) is 0 Å². The Bertz CT molecular complexity index is 314. The van der Waals surface area contributed by atoms with Gasteiger partial charge < -0.3 is 5.73 Å². The summed E-state index contributed by atoms with van der Waals surface area (Å²) in [4.78, 5) is 7.65. The maximum atomic E-state index is 7.44. The number of rotatable bonds is 1. The fraction of sp³-hybridized carbons (Fsp3) is 0.167. The lowest BCUT2D eigenvalue weighted by atomic mass is 10.4. The second-order valence-electron chi connectivity index (χ2n) is 1.96. The number of nitrogens with zero attached hydrogens (tertiary/aromatic N) is 2. The van der Waals surface area contributed by atoms with Crippen molar-refractivity contribution >= 4 is 34.2 Å². The molecule has 4 nitrogen and oxygen atoms in total. The third kappa shape index (κ3) is 1.86. The highest BCUT2D eigenvalue weighted by molar-refractivity contribution is 8.13. The van der Waals surface area contributed by atoms with Crippen molar-refractivity contribution in [1.82, 2.24) is 9.97 Å². The Hall–Kier alpha value is -0.810. The number of nitrogen functional groups attached to an aromatic ring is 1. The number of nitrogens with one attached hydrogen (secondary N) is 1. The van der Waals surface area contributed by atoms with Crippen molar-refractivity contribution < 1.29 is 0 Å². The van der Waals surface area contributed by atoms with E-state index < -0.39 is 0 Å². The van der Waals surface area contributed by atoms with Crippen molar-refractivity contribution in [2.24, 2.45) is 0 Å². The third-order valence-electron chi connectivity index (χ3n) is 1.19. The highest BCUT2D eigenvalue weighted by atomic mass is 35.5. The molecule has 0 amide bonds. The third-order valence-corrected chi connectivity index (χ3v) is 1.97. The molecule has 64 valence electrons. The molecule has 0 aliphatic heterocycles. The second-order valence-corrected chi connectivity index (χ2v) is 3.16. The maximum absolute atomic E-state index is 7.44. The lowest BCUT2D eigenvalue weighted by molar-refractivity contribution is 1.19. The van der Waals surface area contributed by atoms with Crippen LogP contribution in [0.3, 0.4) is 0 Å². The van der Waals surface area contributed by atoms with Crippen LogP contribution in [0.15, 0.2) is 6.20 Å². The molecule has 1 aromatic heterocycles. The average molecular weight is 203 g/mol. The predicted molar refractivity (Wildman–Crippen MR) is 51.8 cm³/mol. The highest BCUT2D eigenvalue weighted by Crippen LogP contribution is 2.14. The molecule has 0 aromatic carbocycles. The number of hydrogen-bond acceptors (Lipinski definition) is 5. The van der Waals surface area contributed by atoms with Crippen molar-refractivity contribution in [2.45, 2.75) is 0 Å². The van der Waals surface area contributed by atoms with E-state index in [1.165, 1.54) is 18.0 Å². The summed E-state index contributed by atoms with van der Waals surface area (Å²) in [5.41, 5.74) is 5.82. The summed E-state index contributed by atoms with van der Waals surface area (Å²) in [6.07, 6.45) is 3.12. The van der Waals surface area contributed by atoms with Gasteiger partial charge in [0.05, 0.1) is 6.20 Å². The van der Waals surface area contributed by atoms with Crippen LogP contribution in [0.25, 0.3) is 0 Å². The molecule has 0 bridgehead atoms. The van der Waals surface area contributed by atoms with Gasteiger partial charge in [0.15, 0.2) is 5.82 Å². The Morgan fingerprint density at radius 2 is 2.42 bits per heavy atom. The summed E-state index contributed by atoms with van der Waals surface area (Å²) in [7, 11) is 0. The lowest BCUT2D eigenvalue weighted by Gasteiger charge is -2.02. The summed E-state index contributed by atoms with van der Waals surface area (Å²) in [6, 6.07) is 0. The first kappa shape index (κ1) is 9.28. The van der Waals surface area contributed by atoms with Gasteiger partial charge in [-0.3, -0.25) is 5.41 Å². The van der Waals surface area contributed by atoms with Crippen LogP contribution >= 0.6 is 23.4 Å². The largest absolute Gasteiger partial charge is 0.382 e. The van der Waals surface area contributed by atoms with Gasteiger partial charge in [0, 0.05) is 0 Å². The smallest absolute Gasteiger partial charge is 0.152 e. The van der Waals surface area contributed by atoms with Gasteiger partial charge in [-0.25, -0.2) is 9.97 Å². The van der Waals surface area contributed by atoms with Crippen molar-refractivity contribution in [3.8, 4) is 0 Å². The van der Waals surface area contributed by atoms with Gasteiger partial charge in [0.1, 0.15) is 15.9 Å². The monoisotopic (exact) mass is 202 g/mol. The van der Waals surface area contributed by atoms with Gasteiger partial charge in [-0.15, -0.1) is 11.8 Å². The molecule has 0 unspecified atom stereocenters. The van der Waals surface area contributed by atoms with Gasteiger partial charge >= 0.3 is 0 Å². The minimum Gasteiger partial charge on any atom is -0.382 e. The molecule has 0 saturated carbocycles. The van der Waals surface area contributed by atoms with Crippen molar-refractivity contribution in [1.29, 1.82) is 5.41 Å². The molecule has 0 spiro atoms. The van der Waals surface area contributed by atoms with E-state index in [4.69, 9.17) is 22.7 Å². The SMILES string of the molecule is CSC(=N)c1nc(Cl)cnc1N. The normalized spacial score (nSPS) is 9.83. The van der Waals surface area contributed by atoms with E-state index in [1.807, 2.05) is 0 Å². The number of aromatic nitrogens is 2. The summed E-state index contributed by atoms with van der Waals surface area (Å²) < 4.78 is 0. The molecular formula is C6H7ClN4S. The molecule has 6 heteroatoms. The van der Waals surface area contributed by atoms with Crippen LogP contribution < -0.4 is 5.73 Å². The summed E-state index contributed by atoms with van der Waals surface area (Å²) in [6.45, 7) is 0. The highest BCUT2D eigenvalue weighted by Gasteiger charge is 2.07. The molecule has 0 radical (unpaired) electrons. The zero-order valence-electron chi connectivity index (χ0n) is 6.34. The fourth-order valence-corrected chi connectivity index (χ4v) is 1.12. The van der Waals surface area contributed by atoms with Gasteiger partial charge in [-0.1, -0.05) is 11.6 Å². The minimum absolute atomic E-state index is 0.235. The molecule has 0 aliphatic carbocycles. The minimum atomic E-state index is 0.235. The zero-order chi connectivity index (χ0) is 9.14. The first-order chi connectivity index (χ1) is 5.65. The van der Waals surface area contributed by atoms with Gasteiger partial charge in [0.2, 0.25) is 0 Å². The number of thioether (sulfide) groups is 1. The quantitative estimate of drug-likeness (QED) is 0.533. The predicted octanol–water partition coefficient (Wildman–Crippen LogP) is 1.40. The van der Waals surface area contributed by atoms with Crippen molar-refractivity contribution in [3.63, 3.8) is 0 Å². The van der Waals surface area contributed by atoms with E-state index in [2.05, 4.69) is 9.97 Å². The second kappa shape index (κ2) is 3.73. The van der Waals surface area contributed by atoms with Gasteiger partial charge in [-0.05, 0) is 6.26 Å². The Kier molecular flexibility index (Phi) is 2.88. The summed E-state index contributed by atoms with van der Waals surface area (Å²) >= 11 is 6.83. The summed E-state index contributed by atoms with van der Waals surface area (Å²) in [5.74, 6) is 0.235. The Labute approximate surface area is 79.1 Å². The lowest BCUT2D eigenvalue weighted by Crippen LogP contribution is -2.05. The van der Waals surface area contributed by atoms with Crippen LogP contribution in [0.1, 0.15) is 5.69 Å². The molecule has 0 aliphatic rings. The van der Waals surface area contributed by atoms with E-state index in [1.54, 1.807) is 6.26 Å². The number of halogens is 1. The number of hydrogen-bond donors (Lipinski definition) is 2. The van der Waals surface area contributed by atoms with Crippen molar-refractivity contribution in [2.75, 3.05) is 12.0 Å². The van der Waals surface area contributed by atoms with E-state index in [9.17, 15) is 0 Å². The molecule has 1 rings (SSSR count). The van der Waals surface area contributed by atoms with E-state index in [-0.39, 0.29) is 16.0 Å². The topological polar surface area (TPSA) is 75.7 Å². The molecule has 0 atom stereocenters. The average Bonchev–Trinajstić information content (AvgIpc) is 2.08. The van der Waals surface area contributed by atoms with E-state index in [0.29, 0.717) is 5.69 Å². The van der Waals surface area contributed by atoms with Crippen molar-refractivity contribution in [3.05, 3.63) is 17.0 Å². The van der Waals surface area contributed by atoms with E-state index >= 15 is 0 Å². The standard InChI is InChI=1S/C6H7ClN4S/c1-12-6(9)4-5(8)10-2-3(7)11-4/h2,9H,1H3,(H2,8,10). The Balaban J connectivity index is 3.13. The fourth-order valence-electron chi connectivity index (χ4n) is 0.641. The first-order valence-corrected chi connectivity index (χ1v) is 4.66. The summed E-state index contributed by atoms with van der Waals surface area (Å²) in [5, 5.41) is 7.95. The molecule has 1 heterocycles. The number of anilines is 1. The Morgan fingerprint density at radius 3 is 3.00 bits per heavy atom. The zero-order valence-corrected chi connectivity index (χ0v) is 7.91. The molecule has 0 saturated heterocycles. The molecule has 12 heavy (non-hydrogen) atoms. The van der Waals surface area contributed by atoms with Gasteiger partial charge in [0.25, 0.3) is 0 Å². The van der Waals surface area contributed by atoms with Crippen LogP contribution in [0.5, 0.6) is 0 Å². The molecule has 3 N–H and O–H groups in total. The molecular weight excluding hydrogens is 196 g/mol. The van der Waals surface area contributed by atoms with Crippen LogP contribution in [0.2, 0.25) is 5.15 Å². The van der Waals surface area contributed by atoms with Crippen LogP contribution in [-0.2, 0) is 0 Å². The Morgan fingerprint density at radius 1 is 1.75 bits per heavy atom. The maximum Gasteiger partial charge on any atom is 0.152 e. The first-order valence-electron chi connectivity index (χ1n) is 3.06. The number of nitrogens with two attached hydrogens (primary N) is 1.